The molecular weight excluding hydrogens is 384 g/mol. The van der Waals surface area contributed by atoms with Crippen molar-refractivity contribution in [2.24, 2.45) is 5.73 Å². The van der Waals surface area contributed by atoms with E-state index in [1.165, 1.54) is 11.1 Å². The monoisotopic (exact) mass is 406 g/mol. The molecule has 4 aromatic carbocycles. The molecule has 4 nitrogen and oxygen atoms in total. The summed E-state index contributed by atoms with van der Waals surface area (Å²) in [5, 5.41) is 12.0. The van der Waals surface area contributed by atoms with Gasteiger partial charge in [0.2, 0.25) is 5.91 Å². The molecule has 31 heavy (non-hydrogen) atoms. The van der Waals surface area contributed by atoms with Gasteiger partial charge in [0, 0.05) is 17.5 Å². The number of hydrogen-bond donors (Lipinski definition) is 2. The van der Waals surface area contributed by atoms with E-state index in [2.05, 4.69) is 53.1 Å². The number of aromatic hydroxyl groups is 1. The first-order chi connectivity index (χ1) is 15.1. The second-order valence-electron chi connectivity index (χ2n) is 7.80. The zero-order chi connectivity index (χ0) is 21.4. The maximum absolute atomic E-state index is 12.1. The van der Waals surface area contributed by atoms with E-state index in [-0.39, 0.29) is 5.75 Å². The standard InChI is InChI=1S/C27H22N2O2/c28-27(31)21-11-5-12-22-25(21)26-23(13-6-14-24(26)30)29(22)17-20-10-4-9-19(16-20)15-18-7-2-1-3-8-18/h1-14,16,30H,15,17H2,(H2,28,31). The van der Waals surface area contributed by atoms with Crippen molar-refractivity contribution in [2.45, 2.75) is 13.0 Å². The number of amides is 1. The van der Waals surface area contributed by atoms with E-state index >= 15 is 0 Å². The van der Waals surface area contributed by atoms with Crippen molar-refractivity contribution >= 4 is 27.7 Å². The molecule has 0 unspecified atom stereocenters. The number of nitrogens with two attached hydrogens (primary N) is 1. The highest BCUT2D eigenvalue weighted by molar-refractivity contribution is 6.19. The van der Waals surface area contributed by atoms with Crippen molar-refractivity contribution in [3.63, 3.8) is 0 Å². The fraction of sp³-hybridized carbons (Fsp3) is 0.0741. The molecule has 0 atom stereocenters. The third-order valence-electron chi connectivity index (χ3n) is 5.74. The van der Waals surface area contributed by atoms with Crippen LogP contribution in [0.1, 0.15) is 27.0 Å². The molecule has 0 spiro atoms. The first-order valence-electron chi connectivity index (χ1n) is 10.3. The fourth-order valence-corrected chi connectivity index (χ4v) is 4.39. The van der Waals surface area contributed by atoms with Crippen molar-refractivity contribution in [1.82, 2.24) is 4.57 Å². The van der Waals surface area contributed by atoms with Crippen LogP contribution < -0.4 is 5.73 Å². The minimum absolute atomic E-state index is 0.146. The zero-order valence-electron chi connectivity index (χ0n) is 17.0. The maximum Gasteiger partial charge on any atom is 0.249 e. The highest BCUT2D eigenvalue weighted by Gasteiger charge is 2.18. The van der Waals surface area contributed by atoms with Crippen LogP contribution in [0, 0.1) is 0 Å². The quantitative estimate of drug-likeness (QED) is 0.419. The van der Waals surface area contributed by atoms with Gasteiger partial charge in [-0.1, -0.05) is 66.7 Å². The van der Waals surface area contributed by atoms with Gasteiger partial charge >= 0.3 is 0 Å². The number of rotatable bonds is 5. The molecule has 1 aromatic heterocycles. The van der Waals surface area contributed by atoms with Crippen LogP contribution in [-0.4, -0.2) is 15.6 Å². The third kappa shape index (κ3) is 3.42. The summed E-state index contributed by atoms with van der Waals surface area (Å²) in [5.74, 6) is -0.356. The van der Waals surface area contributed by atoms with E-state index in [0.717, 1.165) is 23.0 Å². The second kappa shape index (κ2) is 7.65. The Balaban J connectivity index is 1.63. The van der Waals surface area contributed by atoms with Crippen molar-refractivity contribution < 1.29 is 9.90 Å². The molecule has 3 N–H and O–H groups in total. The Bertz CT molecular complexity index is 1420. The van der Waals surface area contributed by atoms with Crippen molar-refractivity contribution in [1.29, 1.82) is 0 Å². The highest BCUT2D eigenvalue weighted by Crippen LogP contribution is 2.37. The van der Waals surface area contributed by atoms with E-state index in [9.17, 15) is 9.90 Å². The Morgan fingerprint density at radius 2 is 1.39 bits per heavy atom. The lowest BCUT2D eigenvalue weighted by molar-refractivity contribution is 0.100. The third-order valence-corrected chi connectivity index (χ3v) is 5.74. The van der Waals surface area contributed by atoms with Gasteiger partial charge in [0.05, 0.1) is 16.4 Å². The normalized spacial score (nSPS) is 11.2. The molecule has 5 rings (SSSR count). The van der Waals surface area contributed by atoms with Crippen molar-refractivity contribution in [3.05, 3.63) is 113 Å². The number of phenolic OH excluding ortho intramolecular Hbond substituents is 1. The van der Waals surface area contributed by atoms with Crippen LogP contribution in [-0.2, 0) is 13.0 Å². The molecule has 0 bridgehead atoms. The van der Waals surface area contributed by atoms with E-state index in [1.54, 1.807) is 12.1 Å². The zero-order valence-corrected chi connectivity index (χ0v) is 17.0. The van der Waals surface area contributed by atoms with Crippen LogP contribution in [0.15, 0.2) is 91.0 Å². The summed E-state index contributed by atoms with van der Waals surface area (Å²) >= 11 is 0. The maximum atomic E-state index is 12.1. The number of primary amides is 1. The van der Waals surface area contributed by atoms with Gasteiger partial charge in [-0.15, -0.1) is 0 Å². The first-order valence-corrected chi connectivity index (χ1v) is 10.3. The van der Waals surface area contributed by atoms with Gasteiger partial charge in [-0.25, -0.2) is 0 Å². The molecule has 152 valence electrons. The van der Waals surface area contributed by atoms with E-state index < -0.39 is 5.91 Å². The van der Waals surface area contributed by atoms with E-state index in [0.29, 0.717) is 22.9 Å². The number of nitrogens with zero attached hydrogens (tertiary/aromatic N) is 1. The Hall–Kier alpha value is -4.05. The van der Waals surface area contributed by atoms with Crippen molar-refractivity contribution in [3.8, 4) is 5.75 Å². The van der Waals surface area contributed by atoms with Gasteiger partial charge < -0.3 is 15.4 Å². The average Bonchev–Trinajstić information content (AvgIpc) is 3.09. The smallest absolute Gasteiger partial charge is 0.249 e. The Labute approximate surface area is 180 Å². The summed E-state index contributed by atoms with van der Waals surface area (Å²) in [4.78, 5) is 12.1. The Morgan fingerprint density at radius 3 is 2.16 bits per heavy atom. The van der Waals surface area contributed by atoms with Gasteiger partial charge in [-0.3, -0.25) is 4.79 Å². The number of fused-ring (bicyclic) bond motifs is 3. The average molecular weight is 406 g/mol. The minimum atomic E-state index is -0.502. The summed E-state index contributed by atoms with van der Waals surface area (Å²) < 4.78 is 2.14. The predicted octanol–water partition coefficient (Wildman–Crippen LogP) is 5.24. The molecule has 1 amide bonds. The molecule has 0 fully saturated rings. The van der Waals surface area contributed by atoms with Crippen LogP contribution >= 0.6 is 0 Å². The molecular formula is C27H22N2O2. The van der Waals surface area contributed by atoms with Crippen LogP contribution in [0.25, 0.3) is 21.8 Å². The summed E-state index contributed by atoms with van der Waals surface area (Å²) in [6.45, 7) is 0.619. The molecule has 0 aliphatic heterocycles. The number of benzene rings is 4. The van der Waals surface area contributed by atoms with Crippen LogP contribution in [0.4, 0.5) is 0 Å². The highest BCUT2D eigenvalue weighted by atomic mass is 16.3. The topological polar surface area (TPSA) is 68.2 Å². The molecule has 4 heteroatoms. The number of phenols is 1. The van der Waals surface area contributed by atoms with E-state index in [1.807, 2.05) is 30.3 Å². The Kier molecular flexibility index (Phi) is 4.68. The molecule has 0 saturated heterocycles. The van der Waals surface area contributed by atoms with Gasteiger partial charge in [-0.05, 0) is 47.4 Å². The lowest BCUT2D eigenvalue weighted by Crippen LogP contribution is -2.11. The summed E-state index contributed by atoms with van der Waals surface area (Å²) in [6, 6.07) is 29.9. The van der Waals surface area contributed by atoms with Gasteiger partial charge in [0.1, 0.15) is 5.75 Å². The fourth-order valence-electron chi connectivity index (χ4n) is 4.39. The van der Waals surface area contributed by atoms with Crippen LogP contribution in [0.5, 0.6) is 5.75 Å². The van der Waals surface area contributed by atoms with Crippen molar-refractivity contribution in [2.75, 3.05) is 0 Å². The molecule has 0 saturated carbocycles. The van der Waals surface area contributed by atoms with Gasteiger partial charge in [0.15, 0.2) is 0 Å². The number of carbonyl (C=O) groups is 1. The number of aromatic nitrogens is 1. The molecule has 1 heterocycles. The minimum Gasteiger partial charge on any atom is -0.507 e. The first kappa shape index (κ1) is 18.9. The summed E-state index contributed by atoms with van der Waals surface area (Å²) in [5.41, 5.74) is 11.5. The lowest BCUT2D eigenvalue weighted by Gasteiger charge is -2.10. The largest absolute Gasteiger partial charge is 0.507 e. The lowest BCUT2D eigenvalue weighted by atomic mass is 10.0. The molecule has 0 aliphatic carbocycles. The molecule has 5 aromatic rings. The van der Waals surface area contributed by atoms with Gasteiger partial charge in [-0.2, -0.15) is 0 Å². The number of carbonyl (C=O) groups excluding carboxylic acids is 1. The van der Waals surface area contributed by atoms with Gasteiger partial charge in [0.25, 0.3) is 0 Å². The molecule has 0 aliphatic rings. The summed E-state index contributed by atoms with van der Waals surface area (Å²) in [6.07, 6.45) is 0.870. The Morgan fingerprint density at radius 1 is 0.742 bits per heavy atom. The van der Waals surface area contributed by atoms with Crippen LogP contribution in [0.3, 0.4) is 0 Å². The van der Waals surface area contributed by atoms with Crippen LogP contribution in [0.2, 0.25) is 0 Å². The second-order valence-corrected chi connectivity index (χ2v) is 7.80. The number of hydrogen-bond acceptors (Lipinski definition) is 2. The summed E-state index contributed by atoms with van der Waals surface area (Å²) in [7, 11) is 0. The molecule has 0 radical (unpaired) electrons. The van der Waals surface area contributed by atoms with E-state index in [4.69, 9.17) is 5.73 Å². The SMILES string of the molecule is NC(=O)c1cccc2c1c1c(O)cccc1n2Cc1cccc(Cc2ccccc2)c1. The predicted molar refractivity (Wildman–Crippen MR) is 124 cm³/mol.